The van der Waals surface area contributed by atoms with Crippen molar-refractivity contribution in [3.63, 3.8) is 0 Å². The summed E-state index contributed by atoms with van der Waals surface area (Å²) in [5, 5.41) is 13.9. The molecule has 0 aromatic heterocycles. The van der Waals surface area contributed by atoms with Crippen molar-refractivity contribution in [3.8, 4) is 0 Å². The van der Waals surface area contributed by atoms with Crippen LogP contribution in [0.1, 0.15) is 13.3 Å². The molecule has 0 saturated carbocycles. The average Bonchev–Trinajstić information content (AvgIpc) is 2.29. The zero-order valence-electron chi connectivity index (χ0n) is 10.2. The van der Waals surface area contributed by atoms with Crippen LogP contribution in [-0.4, -0.2) is 27.2 Å². The second-order valence-electron chi connectivity index (χ2n) is 4.03. The first-order valence-corrected chi connectivity index (χ1v) is 8.21. The molecule has 2 atom stereocenters. The molecule has 1 N–H and O–H groups in total. The molecule has 0 aliphatic carbocycles. The first kappa shape index (κ1) is 15.4. The van der Waals surface area contributed by atoms with Crippen molar-refractivity contribution < 1.29 is 9.13 Å². The molecule has 1 aromatic rings. The molecule has 0 aliphatic rings. The molecule has 0 aliphatic heterocycles. The van der Waals surface area contributed by atoms with E-state index in [2.05, 4.69) is 27.9 Å². The topological polar surface area (TPSA) is 72.2 Å². The number of hydrogen-bond donors (Lipinski definition) is 1. The molecule has 7 heteroatoms. The number of nitro groups is 1. The summed E-state index contributed by atoms with van der Waals surface area (Å²) < 4.78 is 11.8. The normalized spacial score (nSPS) is 13.9. The summed E-state index contributed by atoms with van der Waals surface area (Å²) >= 11 is 2.07. The fourth-order valence-corrected chi connectivity index (χ4v) is 2.76. The van der Waals surface area contributed by atoms with Gasteiger partial charge in [-0.25, -0.2) is 0 Å². The van der Waals surface area contributed by atoms with E-state index < -0.39 is 15.7 Å². The maximum atomic E-state index is 11.0. The summed E-state index contributed by atoms with van der Waals surface area (Å²) in [5.41, 5.74) is 0.961. The Morgan fingerprint density at radius 2 is 2.22 bits per heavy atom. The van der Waals surface area contributed by atoms with Crippen LogP contribution in [0.5, 0.6) is 0 Å². The van der Waals surface area contributed by atoms with E-state index in [0.29, 0.717) is 5.75 Å². The highest BCUT2D eigenvalue weighted by molar-refractivity contribution is 14.1. The van der Waals surface area contributed by atoms with Crippen molar-refractivity contribution in [1.82, 2.24) is 0 Å². The molecule has 0 saturated heterocycles. The first-order valence-electron chi connectivity index (χ1n) is 5.40. The number of nitro benzene ring substituents is 1. The first-order chi connectivity index (χ1) is 8.40. The van der Waals surface area contributed by atoms with Gasteiger partial charge >= 0.3 is 0 Å². The standard InChI is InChI=1S/C11H15IN2O3S/c1-8(5-6-18(2)17)13-11-4-3-9(14(15)16)7-10(11)12/h3-4,7-8,13H,5-6H2,1-2H3. The third kappa shape index (κ3) is 4.89. The van der Waals surface area contributed by atoms with Crippen LogP contribution in [0.15, 0.2) is 18.2 Å². The molecule has 0 fully saturated rings. The van der Waals surface area contributed by atoms with Gasteiger partial charge in [0, 0.05) is 50.2 Å². The number of rotatable bonds is 6. The number of anilines is 1. The van der Waals surface area contributed by atoms with E-state index in [1.54, 1.807) is 12.3 Å². The molecular formula is C11H15IN2O3S. The lowest BCUT2D eigenvalue weighted by Crippen LogP contribution is -2.18. The van der Waals surface area contributed by atoms with E-state index in [1.165, 1.54) is 12.1 Å². The molecule has 18 heavy (non-hydrogen) atoms. The Labute approximate surface area is 122 Å². The van der Waals surface area contributed by atoms with Crippen LogP contribution in [-0.2, 0) is 10.8 Å². The Kier molecular flexibility index (Phi) is 6.00. The summed E-state index contributed by atoms with van der Waals surface area (Å²) in [6, 6.07) is 4.91. The van der Waals surface area contributed by atoms with Crippen LogP contribution in [0.25, 0.3) is 0 Å². The fourth-order valence-electron chi connectivity index (χ4n) is 1.42. The Morgan fingerprint density at radius 1 is 1.56 bits per heavy atom. The highest BCUT2D eigenvalue weighted by Crippen LogP contribution is 2.24. The highest BCUT2D eigenvalue weighted by Gasteiger charge is 2.10. The van der Waals surface area contributed by atoms with Gasteiger partial charge in [0.15, 0.2) is 0 Å². The van der Waals surface area contributed by atoms with Crippen molar-refractivity contribution in [2.75, 3.05) is 17.3 Å². The molecule has 1 rings (SSSR count). The lowest BCUT2D eigenvalue weighted by atomic mass is 10.2. The lowest BCUT2D eigenvalue weighted by Gasteiger charge is -2.15. The lowest BCUT2D eigenvalue weighted by molar-refractivity contribution is -0.384. The molecule has 2 unspecified atom stereocenters. The maximum Gasteiger partial charge on any atom is 0.270 e. The summed E-state index contributed by atoms with van der Waals surface area (Å²) in [4.78, 5) is 10.2. The van der Waals surface area contributed by atoms with E-state index in [-0.39, 0.29) is 11.7 Å². The van der Waals surface area contributed by atoms with Crippen molar-refractivity contribution in [2.24, 2.45) is 0 Å². The van der Waals surface area contributed by atoms with Crippen LogP contribution < -0.4 is 5.32 Å². The number of non-ortho nitro benzene ring substituents is 1. The summed E-state index contributed by atoms with van der Waals surface area (Å²) in [6.07, 6.45) is 2.48. The quantitative estimate of drug-likeness (QED) is 0.467. The minimum Gasteiger partial charge on any atom is -0.382 e. The highest BCUT2D eigenvalue weighted by atomic mass is 127. The van der Waals surface area contributed by atoms with Crippen molar-refractivity contribution >= 4 is 44.8 Å². The number of nitrogens with zero attached hydrogens (tertiary/aromatic N) is 1. The smallest absolute Gasteiger partial charge is 0.270 e. The molecular weight excluding hydrogens is 367 g/mol. The predicted molar refractivity (Wildman–Crippen MR) is 82.4 cm³/mol. The Bertz CT molecular complexity index is 468. The van der Waals surface area contributed by atoms with Crippen molar-refractivity contribution in [2.45, 2.75) is 19.4 Å². The van der Waals surface area contributed by atoms with Crippen molar-refractivity contribution in [3.05, 3.63) is 31.9 Å². The van der Waals surface area contributed by atoms with Gasteiger partial charge in [-0.3, -0.25) is 14.3 Å². The van der Waals surface area contributed by atoms with Gasteiger partial charge in [0.1, 0.15) is 0 Å². The number of nitrogens with one attached hydrogen (secondary N) is 1. The van der Waals surface area contributed by atoms with Crippen LogP contribution in [0.4, 0.5) is 11.4 Å². The largest absolute Gasteiger partial charge is 0.382 e. The number of benzene rings is 1. The predicted octanol–water partition coefficient (Wildman–Crippen LogP) is 2.77. The van der Waals surface area contributed by atoms with Gasteiger partial charge in [-0.05, 0) is 42.0 Å². The minimum absolute atomic E-state index is 0.0901. The van der Waals surface area contributed by atoms with Crippen LogP contribution in [0.3, 0.4) is 0 Å². The molecule has 0 heterocycles. The Morgan fingerprint density at radius 3 is 2.72 bits per heavy atom. The van der Waals surface area contributed by atoms with Gasteiger partial charge in [0.2, 0.25) is 0 Å². The van der Waals surface area contributed by atoms with Gasteiger partial charge < -0.3 is 5.32 Å². The summed E-state index contributed by atoms with van der Waals surface area (Å²) in [7, 11) is -0.791. The molecule has 100 valence electrons. The van der Waals surface area contributed by atoms with E-state index >= 15 is 0 Å². The maximum absolute atomic E-state index is 11.0. The van der Waals surface area contributed by atoms with Crippen LogP contribution >= 0.6 is 22.6 Å². The summed E-state index contributed by atoms with van der Waals surface area (Å²) in [5.74, 6) is 0.651. The van der Waals surface area contributed by atoms with Gasteiger partial charge in [0.25, 0.3) is 5.69 Å². The zero-order chi connectivity index (χ0) is 13.7. The van der Waals surface area contributed by atoms with E-state index in [0.717, 1.165) is 15.7 Å². The summed E-state index contributed by atoms with van der Waals surface area (Å²) in [6.45, 7) is 2.00. The van der Waals surface area contributed by atoms with Crippen molar-refractivity contribution in [1.29, 1.82) is 0 Å². The number of hydrogen-bond acceptors (Lipinski definition) is 4. The Hall–Kier alpha value is -0.700. The molecule has 5 nitrogen and oxygen atoms in total. The SMILES string of the molecule is CC(CCS(C)=O)Nc1ccc([N+](=O)[O-])cc1I. The molecule has 1 aromatic carbocycles. The third-order valence-electron chi connectivity index (χ3n) is 2.40. The zero-order valence-corrected chi connectivity index (χ0v) is 13.2. The second-order valence-corrected chi connectivity index (χ2v) is 6.75. The van der Waals surface area contributed by atoms with Gasteiger partial charge in [0.05, 0.1) is 4.92 Å². The Balaban J connectivity index is 2.67. The molecule has 0 spiro atoms. The van der Waals surface area contributed by atoms with Gasteiger partial charge in [-0.2, -0.15) is 0 Å². The number of halogens is 1. The second kappa shape index (κ2) is 7.03. The monoisotopic (exact) mass is 382 g/mol. The van der Waals surface area contributed by atoms with Crippen LogP contribution in [0.2, 0.25) is 0 Å². The average molecular weight is 382 g/mol. The molecule has 0 bridgehead atoms. The molecule has 0 radical (unpaired) electrons. The van der Waals surface area contributed by atoms with Gasteiger partial charge in [-0.15, -0.1) is 0 Å². The van der Waals surface area contributed by atoms with Crippen LogP contribution in [0, 0.1) is 13.7 Å². The minimum atomic E-state index is -0.791. The third-order valence-corrected chi connectivity index (χ3v) is 4.11. The van der Waals surface area contributed by atoms with E-state index in [9.17, 15) is 14.3 Å². The van der Waals surface area contributed by atoms with E-state index in [4.69, 9.17) is 0 Å². The van der Waals surface area contributed by atoms with E-state index in [1.807, 2.05) is 6.92 Å². The van der Waals surface area contributed by atoms with Gasteiger partial charge in [-0.1, -0.05) is 0 Å². The fraction of sp³-hybridized carbons (Fsp3) is 0.455. The molecule has 0 amide bonds.